The molecule has 3 nitrogen and oxygen atoms in total. The minimum Gasteiger partial charge on any atom is -0.455 e. The average molecular weight is 665 g/mol. The quantitative estimate of drug-likeness (QED) is 0.166. The SMILES string of the molecule is c1ccc(-c2ccc(N(c3ccc(-c4ccccc4)cc3)c3ccc(-c4nc5ccccc5c5c4ccc4c6ccccc6oc45)cc3)cc2)cc1. The van der Waals surface area contributed by atoms with Gasteiger partial charge in [0.05, 0.1) is 11.2 Å². The topological polar surface area (TPSA) is 29.3 Å². The van der Waals surface area contributed by atoms with Crippen LogP contribution >= 0.6 is 0 Å². The van der Waals surface area contributed by atoms with Crippen LogP contribution in [0.15, 0.2) is 199 Å². The first kappa shape index (κ1) is 29.9. The normalized spacial score (nSPS) is 11.5. The van der Waals surface area contributed by atoms with E-state index in [1.807, 2.05) is 12.1 Å². The van der Waals surface area contributed by atoms with Crippen LogP contribution in [0, 0.1) is 0 Å². The lowest BCUT2D eigenvalue weighted by atomic mass is 9.97. The number of benzene rings is 8. The van der Waals surface area contributed by atoms with E-state index in [-0.39, 0.29) is 0 Å². The largest absolute Gasteiger partial charge is 0.455 e. The first-order valence-electron chi connectivity index (χ1n) is 17.6. The predicted molar refractivity (Wildman–Crippen MR) is 218 cm³/mol. The Hall–Kier alpha value is -6.97. The van der Waals surface area contributed by atoms with Crippen molar-refractivity contribution in [2.24, 2.45) is 0 Å². The molecule has 0 N–H and O–H groups in total. The van der Waals surface area contributed by atoms with E-state index >= 15 is 0 Å². The Balaban J connectivity index is 1.10. The number of pyridine rings is 1. The van der Waals surface area contributed by atoms with E-state index < -0.39 is 0 Å². The van der Waals surface area contributed by atoms with E-state index in [0.29, 0.717) is 0 Å². The molecular formula is C49H32N2O. The van der Waals surface area contributed by atoms with Gasteiger partial charge in [0, 0.05) is 49.6 Å². The number of rotatable bonds is 6. The number of hydrogen-bond donors (Lipinski definition) is 0. The van der Waals surface area contributed by atoms with Crippen LogP contribution in [0.5, 0.6) is 0 Å². The Morgan fingerprint density at radius 1 is 0.346 bits per heavy atom. The van der Waals surface area contributed by atoms with Crippen molar-refractivity contribution >= 4 is 60.7 Å². The number of anilines is 3. The molecule has 0 spiro atoms. The van der Waals surface area contributed by atoms with Crippen molar-refractivity contribution in [3.05, 3.63) is 194 Å². The van der Waals surface area contributed by atoms with Crippen LogP contribution in [-0.2, 0) is 0 Å². The third-order valence-corrected chi connectivity index (χ3v) is 10.1. The summed E-state index contributed by atoms with van der Waals surface area (Å²) in [5.74, 6) is 0. The zero-order valence-electron chi connectivity index (χ0n) is 28.3. The van der Waals surface area contributed by atoms with Gasteiger partial charge in [0.15, 0.2) is 0 Å². The number of furan rings is 1. The Bertz CT molecular complexity index is 2780. The summed E-state index contributed by atoms with van der Waals surface area (Å²) < 4.78 is 6.55. The number of nitrogens with zero attached hydrogens (tertiary/aromatic N) is 2. The molecule has 0 amide bonds. The number of aromatic nitrogens is 1. The van der Waals surface area contributed by atoms with E-state index in [0.717, 1.165) is 71.9 Å². The van der Waals surface area contributed by atoms with Crippen molar-refractivity contribution in [3.8, 4) is 33.5 Å². The fraction of sp³-hybridized carbons (Fsp3) is 0. The minimum atomic E-state index is 0.894. The van der Waals surface area contributed by atoms with Gasteiger partial charge in [-0.05, 0) is 76.9 Å². The van der Waals surface area contributed by atoms with Crippen molar-refractivity contribution in [3.63, 3.8) is 0 Å². The second kappa shape index (κ2) is 12.4. The van der Waals surface area contributed by atoms with Gasteiger partial charge in [0.1, 0.15) is 11.2 Å². The summed E-state index contributed by atoms with van der Waals surface area (Å²) in [6.07, 6.45) is 0. The Kier molecular flexibility index (Phi) is 7.14. The van der Waals surface area contributed by atoms with Gasteiger partial charge < -0.3 is 9.32 Å². The van der Waals surface area contributed by atoms with E-state index in [4.69, 9.17) is 9.40 Å². The van der Waals surface area contributed by atoms with Crippen molar-refractivity contribution in [1.82, 2.24) is 4.98 Å². The van der Waals surface area contributed by atoms with Gasteiger partial charge in [-0.15, -0.1) is 0 Å². The monoisotopic (exact) mass is 664 g/mol. The molecule has 0 fully saturated rings. The predicted octanol–water partition coefficient (Wildman–Crippen LogP) is 13.8. The van der Waals surface area contributed by atoms with Gasteiger partial charge in [0.25, 0.3) is 0 Å². The molecule has 0 unspecified atom stereocenters. The van der Waals surface area contributed by atoms with E-state index in [1.54, 1.807) is 0 Å². The molecule has 10 rings (SSSR count). The van der Waals surface area contributed by atoms with Crippen LogP contribution in [0.1, 0.15) is 0 Å². The van der Waals surface area contributed by atoms with Gasteiger partial charge in [-0.25, -0.2) is 4.98 Å². The molecular weight excluding hydrogens is 633 g/mol. The van der Waals surface area contributed by atoms with E-state index in [9.17, 15) is 0 Å². The zero-order valence-corrected chi connectivity index (χ0v) is 28.3. The summed E-state index contributed by atoms with van der Waals surface area (Å²) in [6.45, 7) is 0. The molecule has 0 radical (unpaired) electrons. The maximum atomic E-state index is 6.55. The van der Waals surface area contributed by atoms with Crippen molar-refractivity contribution in [2.75, 3.05) is 4.90 Å². The summed E-state index contributed by atoms with van der Waals surface area (Å²) in [7, 11) is 0. The average Bonchev–Trinajstić information content (AvgIpc) is 3.61. The van der Waals surface area contributed by atoms with Crippen molar-refractivity contribution in [1.29, 1.82) is 0 Å². The van der Waals surface area contributed by atoms with E-state index in [2.05, 4.69) is 187 Å². The number of fused-ring (bicyclic) bond motifs is 7. The van der Waals surface area contributed by atoms with Crippen LogP contribution in [0.3, 0.4) is 0 Å². The molecule has 0 saturated carbocycles. The Morgan fingerprint density at radius 3 is 1.40 bits per heavy atom. The maximum Gasteiger partial charge on any atom is 0.144 e. The summed E-state index contributed by atoms with van der Waals surface area (Å²) in [5.41, 5.74) is 12.7. The summed E-state index contributed by atoms with van der Waals surface area (Å²) in [6, 6.07) is 68.5. The lowest BCUT2D eigenvalue weighted by Gasteiger charge is -2.26. The number of hydrogen-bond acceptors (Lipinski definition) is 3. The first-order valence-corrected chi connectivity index (χ1v) is 17.6. The molecule has 0 saturated heterocycles. The minimum absolute atomic E-state index is 0.894. The fourth-order valence-electron chi connectivity index (χ4n) is 7.52. The standard InChI is InChI=1S/C49H32N2O/c1-3-11-33(12-4-1)35-19-25-38(26-20-35)51(39-27-21-36(22-28-39)34-13-5-2-6-14-34)40-29-23-37(24-30-40)48-44-32-31-42-41-15-8-10-18-46(41)52-49(42)47(44)43-16-7-9-17-45(43)50-48/h1-32H. The molecule has 244 valence electrons. The summed E-state index contributed by atoms with van der Waals surface area (Å²) >= 11 is 0. The molecule has 10 aromatic rings. The van der Waals surface area contributed by atoms with Crippen molar-refractivity contribution < 1.29 is 4.42 Å². The van der Waals surface area contributed by atoms with Gasteiger partial charge in [-0.1, -0.05) is 140 Å². The first-order chi connectivity index (χ1) is 25.8. The van der Waals surface area contributed by atoms with Gasteiger partial charge in [-0.3, -0.25) is 0 Å². The molecule has 0 aliphatic carbocycles. The highest BCUT2D eigenvalue weighted by molar-refractivity contribution is 6.24. The Morgan fingerprint density at radius 2 is 0.808 bits per heavy atom. The van der Waals surface area contributed by atoms with Crippen LogP contribution in [0.25, 0.3) is 77.1 Å². The third kappa shape index (κ3) is 5.10. The lowest BCUT2D eigenvalue weighted by molar-refractivity contribution is 0.673. The smallest absolute Gasteiger partial charge is 0.144 e. The highest BCUT2D eigenvalue weighted by atomic mass is 16.3. The highest BCUT2D eigenvalue weighted by Gasteiger charge is 2.18. The van der Waals surface area contributed by atoms with Gasteiger partial charge >= 0.3 is 0 Å². The second-order valence-electron chi connectivity index (χ2n) is 13.1. The second-order valence-corrected chi connectivity index (χ2v) is 13.1. The van der Waals surface area contributed by atoms with Crippen LogP contribution < -0.4 is 4.90 Å². The van der Waals surface area contributed by atoms with Crippen LogP contribution in [0.4, 0.5) is 17.1 Å². The molecule has 0 aliphatic heterocycles. The lowest BCUT2D eigenvalue weighted by Crippen LogP contribution is -2.09. The Labute approximate surface area is 301 Å². The fourth-order valence-corrected chi connectivity index (χ4v) is 7.52. The van der Waals surface area contributed by atoms with Gasteiger partial charge in [0.2, 0.25) is 0 Å². The van der Waals surface area contributed by atoms with Crippen LogP contribution in [0.2, 0.25) is 0 Å². The van der Waals surface area contributed by atoms with Crippen LogP contribution in [-0.4, -0.2) is 4.98 Å². The molecule has 0 atom stereocenters. The van der Waals surface area contributed by atoms with Crippen molar-refractivity contribution in [2.45, 2.75) is 0 Å². The highest BCUT2D eigenvalue weighted by Crippen LogP contribution is 2.42. The molecule has 0 aliphatic rings. The summed E-state index contributed by atoms with van der Waals surface area (Å²) in [5, 5.41) is 5.50. The van der Waals surface area contributed by atoms with E-state index in [1.165, 1.54) is 22.3 Å². The van der Waals surface area contributed by atoms with Gasteiger partial charge in [-0.2, -0.15) is 0 Å². The maximum absolute atomic E-state index is 6.55. The molecule has 0 bridgehead atoms. The summed E-state index contributed by atoms with van der Waals surface area (Å²) in [4.78, 5) is 7.56. The number of para-hydroxylation sites is 2. The zero-order chi connectivity index (χ0) is 34.4. The molecule has 8 aromatic carbocycles. The molecule has 2 aromatic heterocycles. The molecule has 52 heavy (non-hydrogen) atoms. The third-order valence-electron chi connectivity index (χ3n) is 10.1. The molecule has 3 heteroatoms. The molecule has 2 heterocycles.